The molecule has 58 valence electrons. The van der Waals surface area contributed by atoms with Gasteiger partial charge in [-0.1, -0.05) is 0 Å². The van der Waals surface area contributed by atoms with Crippen molar-refractivity contribution in [3.8, 4) is 0 Å². The highest BCUT2D eigenvalue weighted by Crippen LogP contribution is 2.10. The highest BCUT2D eigenvalue weighted by Gasteiger charge is 1.99. The number of aromatic nitrogens is 2. The zero-order valence-electron chi connectivity index (χ0n) is 6.03. The second-order valence-corrected chi connectivity index (χ2v) is 3.24. The van der Waals surface area contributed by atoms with Gasteiger partial charge in [0.2, 0.25) is 0 Å². The molecule has 0 saturated heterocycles. The topological polar surface area (TPSA) is 43.3 Å². The average molecular weight is 167 g/mol. The largest absolute Gasteiger partial charge is 0.330 e. The predicted molar refractivity (Wildman–Crippen MR) is 45.8 cm³/mol. The molecule has 0 aromatic carbocycles. The van der Waals surface area contributed by atoms with Crippen LogP contribution in [0.3, 0.4) is 0 Å². The average Bonchev–Trinajstić information content (AvgIpc) is 2.46. The van der Waals surface area contributed by atoms with Gasteiger partial charge in [0.1, 0.15) is 0 Å². The third kappa shape index (κ3) is 1.15. The molecule has 0 aliphatic heterocycles. The second-order valence-electron chi connectivity index (χ2n) is 2.36. The first kappa shape index (κ1) is 6.82. The number of hydrogen-bond acceptors (Lipinski definition) is 3. The molecule has 0 spiro atoms. The third-order valence-corrected chi connectivity index (χ3v) is 2.31. The van der Waals surface area contributed by atoms with Crippen molar-refractivity contribution < 1.29 is 0 Å². The van der Waals surface area contributed by atoms with Crippen LogP contribution in [0.25, 0.3) is 4.96 Å². The Balaban J connectivity index is 2.42. The molecule has 2 aromatic rings. The van der Waals surface area contributed by atoms with Crippen molar-refractivity contribution in [3.05, 3.63) is 23.5 Å². The molecule has 0 aliphatic carbocycles. The Morgan fingerprint density at radius 1 is 1.64 bits per heavy atom. The van der Waals surface area contributed by atoms with Gasteiger partial charge in [-0.15, -0.1) is 11.3 Å². The monoisotopic (exact) mass is 167 g/mol. The maximum absolute atomic E-state index is 5.41. The van der Waals surface area contributed by atoms with Crippen LogP contribution in [-0.4, -0.2) is 15.9 Å². The first-order valence-corrected chi connectivity index (χ1v) is 4.39. The third-order valence-electron chi connectivity index (χ3n) is 1.54. The fraction of sp³-hybridized carbons (Fsp3) is 0.286. The lowest BCUT2D eigenvalue weighted by molar-refractivity contribution is 0.937. The summed E-state index contributed by atoms with van der Waals surface area (Å²) in [6.45, 7) is 0.671. The summed E-state index contributed by atoms with van der Waals surface area (Å²) in [5, 5.41) is 2.02. The molecular formula is C7H9N3S. The maximum atomic E-state index is 5.41. The Morgan fingerprint density at radius 3 is 3.27 bits per heavy atom. The first-order chi connectivity index (χ1) is 5.40. The summed E-state index contributed by atoms with van der Waals surface area (Å²) in [7, 11) is 0. The van der Waals surface area contributed by atoms with Gasteiger partial charge >= 0.3 is 0 Å². The van der Waals surface area contributed by atoms with E-state index < -0.39 is 0 Å². The lowest BCUT2D eigenvalue weighted by Crippen LogP contribution is -2.02. The van der Waals surface area contributed by atoms with E-state index in [9.17, 15) is 0 Å². The van der Waals surface area contributed by atoms with Crippen LogP contribution in [0, 0.1) is 0 Å². The molecule has 2 aromatic heterocycles. The van der Waals surface area contributed by atoms with Crippen molar-refractivity contribution in [2.45, 2.75) is 6.42 Å². The molecule has 0 aliphatic rings. The van der Waals surface area contributed by atoms with Crippen molar-refractivity contribution >= 4 is 16.3 Å². The molecule has 4 heteroatoms. The minimum atomic E-state index is 0.671. The smallest absolute Gasteiger partial charge is 0.193 e. The van der Waals surface area contributed by atoms with Crippen LogP contribution in [0.1, 0.15) is 5.69 Å². The Labute approximate surface area is 68.5 Å². The summed E-state index contributed by atoms with van der Waals surface area (Å²) in [5.41, 5.74) is 6.49. The van der Waals surface area contributed by atoms with E-state index in [1.165, 1.54) is 0 Å². The lowest BCUT2D eigenvalue weighted by Gasteiger charge is -1.85. The van der Waals surface area contributed by atoms with Crippen molar-refractivity contribution in [2.75, 3.05) is 6.54 Å². The SMILES string of the molecule is NCCc1cn2ccsc2n1. The zero-order chi connectivity index (χ0) is 7.68. The van der Waals surface area contributed by atoms with E-state index in [0.29, 0.717) is 6.54 Å². The molecule has 0 radical (unpaired) electrons. The minimum Gasteiger partial charge on any atom is -0.330 e. The van der Waals surface area contributed by atoms with Crippen molar-refractivity contribution in [1.82, 2.24) is 9.38 Å². The van der Waals surface area contributed by atoms with Gasteiger partial charge in [-0.2, -0.15) is 0 Å². The normalized spacial score (nSPS) is 11.0. The molecule has 3 nitrogen and oxygen atoms in total. The van der Waals surface area contributed by atoms with Crippen LogP contribution in [0.15, 0.2) is 17.8 Å². The maximum Gasteiger partial charge on any atom is 0.193 e. The number of nitrogens with two attached hydrogens (primary N) is 1. The summed E-state index contributed by atoms with van der Waals surface area (Å²) in [6.07, 6.45) is 4.90. The quantitative estimate of drug-likeness (QED) is 0.722. The number of fused-ring (bicyclic) bond motifs is 1. The van der Waals surface area contributed by atoms with E-state index >= 15 is 0 Å². The van der Waals surface area contributed by atoms with Crippen LogP contribution in [0.5, 0.6) is 0 Å². The Kier molecular flexibility index (Phi) is 1.63. The van der Waals surface area contributed by atoms with Gasteiger partial charge < -0.3 is 5.73 Å². The molecule has 0 atom stereocenters. The zero-order valence-corrected chi connectivity index (χ0v) is 6.84. The van der Waals surface area contributed by atoms with E-state index in [0.717, 1.165) is 17.1 Å². The molecule has 2 heterocycles. The predicted octanol–water partition coefficient (Wildman–Crippen LogP) is 0.897. The summed E-state index contributed by atoms with van der Waals surface area (Å²) >= 11 is 1.65. The van der Waals surface area contributed by atoms with Gasteiger partial charge in [-0.05, 0) is 6.54 Å². The van der Waals surface area contributed by atoms with E-state index in [-0.39, 0.29) is 0 Å². The van der Waals surface area contributed by atoms with Gasteiger partial charge in [-0.3, -0.25) is 4.40 Å². The summed E-state index contributed by atoms with van der Waals surface area (Å²) < 4.78 is 2.02. The number of hydrogen-bond donors (Lipinski definition) is 1. The molecule has 0 fully saturated rings. The van der Waals surface area contributed by atoms with Gasteiger partial charge in [-0.25, -0.2) is 4.98 Å². The van der Waals surface area contributed by atoms with Crippen LogP contribution in [0.4, 0.5) is 0 Å². The minimum absolute atomic E-state index is 0.671. The summed E-state index contributed by atoms with van der Waals surface area (Å²) in [5.74, 6) is 0. The first-order valence-electron chi connectivity index (χ1n) is 3.51. The van der Waals surface area contributed by atoms with Gasteiger partial charge in [0.25, 0.3) is 0 Å². The van der Waals surface area contributed by atoms with Gasteiger partial charge in [0.05, 0.1) is 5.69 Å². The second kappa shape index (κ2) is 2.64. The molecule has 0 amide bonds. The Morgan fingerprint density at radius 2 is 2.55 bits per heavy atom. The number of nitrogens with zero attached hydrogens (tertiary/aromatic N) is 2. The van der Waals surface area contributed by atoms with E-state index in [1.54, 1.807) is 11.3 Å². The molecule has 0 bridgehead atoms. The highest BCUT2D eigenvalue weighted by molar-refractivity contribution is 7.15. The van der Waals surface area contributed by atoms with Crippen LogP contribution >= 0.6 is 11.3 Å². The van der Waals surface area contributed by atoms with Crippen molar-refractivity contribution in [3.63, 3.8) is 0 Å². The number of thiazole rings is 1. The molecule has 0 unspecified atom stereocenters. The Hall–Kier alpha value is -0.870. The van der Waals surface area contributed by atoms with E-state index in [4.69, 9.17) is 5.73 Å². The number of rotatable bonds is 2. The van der Waals surface area contributed by atoms with Crippen molar-refractivity contribution in [2.24, 2.45) is 5.73 Å². The summed E-state index contributed by atoms with van der Waals surface area (Å²) in [6, 6.07) is 0. The van der Waals surface area contributed by atoms with Crippen molar-refractivity contribution in [1.29, 1.82) is 0 Å². The van der Waals surface area contributed by atoms with Crippen LogP contribution in [0.2, 0.25) is 0 Å². The molecular weight excluding hydrogens is 158 g/mol. The number of imidazole rings is 1. The lowest BCUT2D eigenvalue weighted by atomic mass is 10.3. The molecule has 2 rings (SSSR count). The Bertz CT molecular complexity index is 321. The molecule has 11 heavy (non-hydrogen) atoms. The van der Waals surface area contributed by atoms with E-state index in [2.05, 4.69) is 4.98 Å². The standard InChI is InChI=1S/C7H9N3S/c8-2-1-6-5-10-3-4-11-7(10)9-6/h3-5H,1-2,8H2. The molecule has 2 N–H and O–H groups in total. The summed E-state index contributed by atoms with van der Waals surface area (Å²) in [4.78, 5) is 5.41. The van der Waals surface area contributed by atoms with E-state index in [1.807, 2.05) is 22.2 Å². The van der Waals surface area contributed by atoms with Crippen LogP contribution < -0.4 is 5.73 Å². The fourth-order valence-corrected chi connectivity index (χ4v) is 1.76. The van der Waals surface area contributed by atoms with Gasteiger partial charge in [0.15, 0.2) is 4.96 Å². The highest BCUT2D eigenvalue weighted by atomic mass is 32.1. The fourth-order valence-electron chi connectivity index (χ4n) is 1.04. The molecule has 0 saturated carbocycles. The van der Waals surface area contributed by atoms with Gasteiger partial charge in [0, 0.05) is 24.2 Å². The van der Waals surface area contributed by atoms with Crippen LogP contribution in [-0.2, 0) is 6.42 Å².